The van der Waals surface area contributed by atoms with Crippen LogP contribution in [0.3, 0.4) is 0 Å². The Balaban J connectivity index is 1.89. The second-order valence-electron chi connectivity index (χ2n) is 6.89. The standard InChI is InChI=1S/C21H28N4O6/c1-3-4-5-6-15(12-25(29)14-26)20(27)23-13-24-21(28)19-8-7-18(31-19)17-11-16(30-2)9-10-22-17/h7-11,14-15,29H,3-6,12-13H2,1-2H3,(H,23,27)(H,24,28)/t15-/m1/s1. The fourth-order valence-electron chi connectivity index (χ4n) is 2.93. The predicted molar refractivity (Wildman–Crippen MR) is 111 cm³/mol. The quantitative estimate of drug-likeness (QED) is 0.145. The van der Waals surface area contributed by atoms with E-state index in [1.165, 1.54) is 6.07 Å². The maximum Gasteiger partial charge on any atom is 0.288 e. The van der Waals surface area contributed by atoms with E-state index in [1.807, 2.05) is 6.92 Å². The molecule has 0 aromatic carbocycles. The number of pyridine rings is 1. The molecule has 0 fully saturated rings. The first-order chi connectivity index (χ1) is 15.0. The van der Waals surface area contributed by atoms with Crippen LogP contribution in [0.25, 0.3) is 11.5 Å². The molecule has 0 aliphatic rings. The molecule has 0 unspecified atom stereocenters. The number of carbonyl (C=O) groups excluding carboxylic acids is 3. The van der Waals surface area contributed by atoms with E-state index in [1.54, 1.807) is 31.5 Å². The molecule has 3 amide bonds. The summed E-state index contributed by atoms with van der Waals surface area (Å²) >= 11 is 0. The summed E-state index contributed by atoms with van der Waals surface area (Å²) in [7, 11) is 1.54. The zero-order valence-electron chi connectivity index (χ0n) is 17.7. The molecule has 2 heterocycles. The lowest BCUT2D eigenvalue weighted by Gasteiger charge is -2.19. The second-order valence-corrected chi connectivity index (χ2v) is 6.89. The average Bonchev–Trinajstić information content (AvgIpc) is 3.28. The summed E-state index contributed by atoms with van der Waals surface area (Å²) in [5, 5.41) is 15.0. The van der Waals surface area contributed by atoms with E-state index >= 15 is 0 Å². The maximum atomic E-state index is 12.4. The van der Waals surface area contributed by atoms with Crippen molar-refractivity contribution >= 4 is 18.2 Å². The van der Waals surface area contributed by atoms with Gasteiger partial charge in [-0.05, 0) is 24.6 Å². The SMILES string of the molecule is CCCCC[C@H](CN(O)C=O)C(=O)NCNC(=O)c1ccc(-c2cc(OC)ccn2)o1. The Hall–Kier alpha value is -3.40. The van der Waals surface area contributed by atoms with Gasteiger partial charge in [-0.1, -0.05) is 26.2 Å². The molecule has 10 nitrogen and oxygen atoms in total. The van der Waals surface area contributed by atoms with Crippen molar-refractivity contribution in [1.29, 1.82) is 0 Å². The first-order valence-electron chi connectivity index (χ1n) is 10.1. The molecule has 31 heavy (non-hydrogen) atoms. The van der Waals surface area contributed by atoms with Crippen molar-refractivity contribution < 1.29 is 28.7 Å². The topological polar surface area (TPSA) is 134 Å². The molecule has 1 atom stereocenters. The highest BCUT2D eigenvalue weighted by Crippen LogP contribution is 2.23. The smallest absolute Gasteiger partial charge is 0.288 e. The average molecular weight is 432 g/mol. The minimum atomic E-state index is -0.576. The number of rotatable bonds is 13. The van der Waals surface area contributed by atoms with Crippen molar-refractivity contribution in [2.75, 3.05) is 20.3 Å². The minimum absolute atomic E-state index is 0.0656. The number of unbranched alkanes of at least 4 members (excludes halogenated alkanes) is 2. The molecule has 10 heteroatoms. The lowest BCUT2D eigenvalue weighted by molar-refractivity contribution is -0.154. The normalized spacial score (nSPS) is 11.5. The third-order valence-corrected chi connectivity index (χ3v) is 4.62. The Kier molecular flexibility index (Phi) is 9.50. The van der Waals surface area contributed by atoms with Crippen LogP contribution in [0.2, 0.25) is 0 Å². The number of furan rings is 1. The predicted octanol–water partition coefficient (Wildman–Crippen LogP) is 2.20. The minimum Gasteiger partial charge on any atom is -0.497 e. The van der Waals surface area contributed by atoms with Crippen LogP contribution in [0.1, 0.15) is 43.2 Å². The number of hydrogen-bond acceptors (Lipinski definition) is 7. The van der Waals surface area contributed by atoms with Crippen molar-refractivity contribution in [2.24, 2.45) is 5.92 Å². The van der Waals surface area contributed by atoms with Gasteiger partial charge in [0.15, 0.2) is 11.5 Å². The molecular weight excluding hydrogens is 404 g/mol. The van der Waals surface area contributed by atoms with Crippen molar-refractivity contribution in [3.63, 3.8) is 0 Å². The van der Waals surface area contributed by atoms with Crippen molar-refractivity contribution in [2.45, 2.75) is 32.6 Å². The molecule has 0 spiro atoms. The number of ether oxygens (including phenoxy) is 1. The fraction of sp³-hybridized carbons (Fsp3) is 0.429. The zero-order valence-corrected chi connectivity index (χ0v) is 17.7. The molecule has 0 radical (unpaired) electrons. The number of methoxy groups -OCH3 is 1. The summed E-state index contributed by atoms with van der Waals surface area (Å²) in [6.45, 7) is 1.81. The van der Waals surface area contributed by atoms with Crippen molar-refractivity contribution in [3.05, 3.63) is 36.2 Å². The highest BCUT2D eigenvalue weighted by molar-refractivity contribution is 5.92. The Bertz CT molecular complexity index is 869. The highest BCUT2D eigenvalue weighted by atomic mass is 16.5. The van der Waals surface area contributed by atoms with Crippen LogP contribution in [-0.2, 0) is 9.59 Å². The number of nitrogens with zero attached hydrogens (tertiary/aromatic N) is 2. The fourth-order valence-corrected chi connectivity index (χ4v) is 2.93. The van der Waals surface area contributed by atoms with Gasteiger partial charge in [0, 0.05) is 12.3 Å². The van der Waals surface area contributed by atoms with Crippen LogP contribution in [0.15, 0.2) is 34.9 Å². The summed E-state index contributed by atoms with van der Waals surface area (Å²) < 4.78 is 10.7. The Morgan fingerprint density at radius 1 is 1.29 bits per heavy atom. The van der Waals surface area contributed by atoms with Gasteiger partial charge in [0.1, 0.15) is 11.4 Å². The molecule has 168 valence electrons. The summed E-state index contributed by atoms with van der Waals surface area (Å²) in [5.74, 6) is -0.365. The van der Waals surface area contributed by atoms with Gasteiger partial charge in [0.05, 0.1) is 26.2 Å². The Labute approximate surface area is 180 Å². The van der Waals surface area contributed by atoms with E-state index in [2.05, 4.69) is 15.6 Å². The highest BCUT2D eigenvalue weighted by Gasteiger charge is 2.21. The molecule has 0 saturated carbocycles. The lowest BCUT2D eigenvalue weighted by atomic mass is 10.0. The molecule has 2 aromatic heterocycles. The van der Waals surface area contributed by atoms with Crippen molar-refractivity contribution in [1.82, 2.24) is 20.7 Å². The second kappa shape index (κ2) is 12.3. The molecule has 0 aliphatic heterocycles. The number of nitrogens with one attached hydrogen (secondary N) is 2. The lowest BCUT2D eigenvalue weighted by Crippen LogP contribution is -2.42. The number of amides is 3. The van der Waals surface area contributed by atoms with E-state index < -0.39 is 11.8 Å². The third-order valence-electron chi connectivity index (χ3n) is 4.62. The van der Waals surface area contributed by atoms with E-state index in [-0.39, 0.29) is 31.3 Å². The molecule has 3 N–H and O–H groups in total. The number of aromatic nitrogens is 1. The van der Waals surface area contributed by atoms with Gasteiger partial charge in [-0.3, -0.25) is 24.6 Å². The monoisotopic (exact) mass is 432 g/mol. The molecular formula is C21H28N4O6. The summed E-state index contributed by atoms with van der Waals surface area (Å²) in [6.07, 6.45) is 5.07. The molecule has 2 rings (SSSR count). The van der Waals surface area contributed by atoms with E-state index in [0.29, 0.717) is 28.7 Å². The number of hydroxylamine groups is 2. The van der Waals surface area contributed by atoms with Gasteiger partial charge >= 0.3 is 0 Å². The Morgan fingerprint density at radius 3 is 2.81 bits per heavy atom. The molecule has 2 aromatic rings. The van der Waals surface area contributed by atoms with Crippen LogP contribution in [0, 0.1) is 5.92 Å². The number of hydrogen-bond donors (Lipinski definition) is 3. The summed E-state index contributed by atoms with van der Waals surface area (Å²) in [4.78, 5) is 39.5. The van der Waals surface area contributed by atoms with E-state index in [4.69, 9.17) is 9.15 Å². The van der Waals surface area contributed by atoms with Gasteiger partial charge < -0.3 is 19.8 Å². The zero-order chi connectivity index (χ0) is 22.6. The van der Waals surface area contributed by atoms with Gasteiger partial charge in [-0.2, -0.15) is 0 Å². The van der Waals surface area contributed by atoms with Gasteiger partial charge in [-0.15, -0.1) is 0 Å². The van der Waals surface area contributed by atoms with E-state index in [0.717, 1.165) is 19.3 Å². The van der Waals surface area contributed by atoms with Crippen molar-refractivity contribution in [3.8, 4) is 17.2 Å². The molecule has 0 bridgehead atoms. The number of carbonyl (C=O) groups is 3. The molecule has 0 aliphatic carbocycles. The van der Waals surface area contributed by atoms with E-state index in [9.17, 15) is 19.6 Å². The van der Waals surface area contributed by atoms with Gasteiger partial charge in [-0.25, -0.2) is 5.06 Å². The Morgan fingerprint density at radius 2 is 2.10 bits per heavy atom. The molecule has 0 saturated heterocycles. The van der Waals surface area contributed by atoms with Crippen LogP contribution < -0.4 is 15.4 Å². The largest absolute Gasteiger partial charge is 0.497 e. The van der Waals surface area contributed by atoms with Crippen LogP contribution in [0.4, 0.5) is 0 Å². The third kappa shape index (κ3) is 7.41. The van der Waals surface area contributed by atoms with Crippen LogP contribution in [0.5, 0.6) is 5.75 Å². The van der Waals surface area contributed by atoms with Gasteiger partial charge in [0.2, 0.25) is 12.3 Å². The summed E-state index contributed by atoms with van der Waals surface area (Å²) in [6, 6.07) is 6.51. The summed E-state index contributed by atoms with van der Waals surface area (Å²) in [5.41, 5.74) is 0.519. The van der Waals surface area contributed by atoms with Crippen LogP contribution >= 0.6 is 0 Å². The first-order valence-corrected chi connectivity index (χ1v) is 10.1. The van der Waals surface area contributed by atoms with Gasteiger partial charge in [0.25, 0.3) is 5.91 Å². The first kappa shape index (κ1) is 23.9. The van der Waals surface area contributed by atoms with Crippen LogP contribution in [-0.4, -0.2) is 53.8 Å². The maximum absolute atomic E-state index is 12.4.